The van der Waals surface area contributed by atoms with Crippen molar-refractivity contribution in [1.82, 2.24) is 0 Å². The predicted molar refractivity (Wildman–Crippen MR) is 65.8 cm³/mol. The van der Waals surface area contributed by atoms with Crippen molar-refractivity contribution < 1.29 is 14.3 Å². The van der Waals surface area contributed by atoms with Gasteiger partial charge in [0.25, 0.3) is 0 Å². The van der Waals surface area contributed by atoms with Crippen LogP contribution in [0.25, 0.3) is 0 Å². The topological polar surface area (TPSA) is 107 Å². The number of nitrogens with two attached hydrogens (primary N) is 2. The summed E-state index contributed by atoms with van der Waals surface area (Å²) in [5.74, 6) is -2.14. The first kappa shape index (κ1) is 12.2. The number of benzene rings is 1. The minimum Gasteiger partial charge on any atom is -0.491 e. The maximum atomic E-state index is 11.3. The molecule has 0 spiro atoms. The van der Waals surface area contributed by atoms with Gasteiger partial charge in [-0.1, -0.05) is 12.1 Å². The van der Waals surface area contributed by atoms with Gasteiger partial charge in [0.2, 0.25) is 11.8 Å². The molecule has 1 aromatic rings. The average molecular weight is 249 g/mol. The molecule has 18 heavy (non-hydrogen) atoms. The molecule has 0 radical (unpaired) electrons. The lowest BCUT2D eigenvalue weighted by Gasteiger charge is -2.19. The Labute approximate surface area is 104 Å². The molecule has 0 aliphatic carbocycles. The molecule has 1 aliphatic heterocycles. The number of primary amides is 2. The molecular weight excluding hydrogens is 234 g/mol. The third kappa shape index (κ3) is 2.37. The molecule has 1 aliphatic rings. The molecule has 1 heterocycles. The number of nitrogens with one attached hydrogen (secondary N) is 1. The lowest BCUT2D eigenvalue weighted by Crippen LogP contribution is -2.44. The maximum absolute atomic E-state index is 11.3. The van der Waals surface area contributed by atoms with Gasteiger partial charge in [-0.2, -0.15) is 0 Å². The van der Waals surface area contributed by atoms with Crippen LogP contribution in [0.5, 0.6) is 5.75 Å². The first-order chi connectivity index (χ1) is 8.59. The van der Waals surface area contributed by atoms with E-state index in [1.807, 2.05) is 24.3 Å². The fourth-order valence-electron chi connectivity index (χ4n) is 2.05. The molecule has 0 saturated carbocycles. The van der Waals surface area contributed by atoms with E-state index >= 15 is 0 Å². The Hall–Kier alpha value is -2.24. The van der Waals surface area contributed by atoms with Crippen LogP contribution in [0.1, 0.15) is 0 Å². The molecule has 96 valence electrons. The van der Waals surface area contributed by atoms with Crippen molar-refractivity contribution >= 4 is 17.5 Å². The zero-order chi connectivity index (χ0) is 13.1. The van der Waals surface area contributed by atoms with E-state index in [-0.39, 0.29) is 12.5 Å². The number of fused-ring (bicyclic) bond motifs is 1. The Morgan fingerprint density at radius 3 is 2.61 bits per heavy atom. The highest BCUT2D eigenvalue weighted by molar-refractivity contribution is 5.99. The van der Waals surface area contributed by atoms with E-state index in [4.69, 9.17) is 16.2 Å². The normalized spacial score (nSPS) is 18.2. The van der Waals surface area contributed by atoms with E-state index < -0.39 is 17.7 Å². The lowest BCUT2D eigenvalue weighted by molar-refractivity contribution is -0.134. The molecule has 1 aromatic carbocycles. The van der Waals surface area contributed by atoms with E-state index in [1.165, 1.54) is 0 Å². The summed E-state index contributed by atoms with van der Waals surface area (Å²) in [7, 11) is 0. The van der Waals surface area contributed by atoms with Crippen LogP contribution in [0.15, 0.2) is 24.3 Å². The summed E-state index contributed by atoms with van der Waals surface area (Å²) in [6.45, 7) is 0.633. The van der Waals surface area contributed by atoms with E-state index in [0.717, 1.165) is 5.69 Å². The first-order valence-corrected chi connectivity index (χ1v) is 5.64. The van der Waals surface area contributed by atoms with Crippen LogP contribution >= 0.6 is 0 Å². The van der Waals surface area contributed by atoms with Gasteiger partial charge in [-0.15, -0.1) is 0 Å². The summed E-state index contributed by atoms with van der Waals surface area (Å²) in [4.78, 5) is 22.5. The third-order valence-electron chi connectivity index (χ3n) is 2.98. The molecule has 2 rings (SSSR count). The highest BCUT2D eigenvalue weighted by atomic mass is 16.5. The second-order valence-electron chi connectivity index (χ2n) is 4.23. The lowest BCUT2D eigenvalue weighted by atomic mass is 9.91. The third-order valence-corrected chi connectivity index (χ3v) is 2.98. The fourth-order valence-corrected chi connectivity index (χ4v) is 2.05. The van der Waals surface area contributed by atoms with Crippen LogP contribution in [0.2, 0.25) is 0 Å². The van der Waals surface area contributed by atoms with Gasteiger partial charge in [0.15, 0.2) is 0 Å². The van der Waals surface area contributed by atoms with Crippen LogP contribution in [-0.4, -0.2) is 25.0 Å². The molecule has 2 amide bonds. The number of anilines is 1. The van der Waals surface area contributed by atoms with Gasteiger partial charge in [-0.3, -0.25) is 9.59 Å². The highest BCUT2D eigenvalue weighted by Crippen LogP contribution is 2.28. The summed E-state index contributed by atoms with van der Waals surface area (Å²) in [6, 6.07) is 7.39. The van der Waals surface area contributed by atoms with Gasteiger partial charge >= 0.3 is 0 Å². The van der Waals surface area contributed by atoms with Crippen molar-refractivity contribution in [2.45, 2.75) is 0 Å². The Bertz CT molecular complexity index is 434. The molecule has 5 N–H and O–H groups in total. The Kier molecular flexibility index (Phi) is 3.36. The molecule has 1 unspecified atom stereocenters. The molecule has 0 aromatic heterocycles. The fraction of sp³-hybridized carbons (Fsp3) is 0.333. The minimum absolute atomic E-state index is 0.223. The van der Waals surface area contributed by atoms with E-state index in [9.17, 15) is 9.59 Å². The number of hydrogen-bond acceptors (Lipinski definition) is 4. The number of rotatable bonds is 3. The predicted octanol–water partition coefficient (Wildman–Crippen LogP) is -0.306. The Balaban J connectivity index is 2.16. The van der Waals surface area contributed by atoms with Crippen molar-refractivity contribution in [2.24, 2.45) is 23.3 Å². The summed E-state index contributed by atoms with van der Waals surface area (Å²) >= 11 is 0. The van der Waals surface area contributed by atoms with Gasteiger partial charge in [0, 0.05) is 12.5 Å². The molecule has 1 atom stereocenters. The standard InChI is InChI=1S/C12H15N3O3/c13-11(16)10(12(14)17)7-5-15-8-3-1-2-4-9(8)18-6-7/h1-4,7,10,15H,5-6H2,(H2,13,16)(H2,14,17). The number of amides is 2. The van der Waals surface area contributed by atoms with Gasteiger partial charge in [-0.25, -0.2) is 0 Å². The van der Waals surface area contributed by atoms with Crippen molar-refractivity contribution in [3.63, 3.8) is 0 Å². The summed E-state index contributed by atoms with van der Waals surface area (Å²) in [6.07, 6.45) is 0. The zero-order valence-electron chi connectivity index (χ0n) is 9.76. The van der Waals surface area contributed by atoms with Crippen molar-refractivity contribution in [3.8, 4) is 5.75 Å². The van der Waals surface area contributed by atoms with Gasteiger partial charge in [0.05, 0.1) is 12.3 Å². The van der Waals surface area contributed by atoms with Crippen LogP contribution in [0.3, 0.4) is 0 Å². The number of para-hydroxylation sites is 2. The summed E-state index contributed by atoms with van der Waals surface area (Å²) in [5, 5.41) is 3.12. The van der Waals surface area contributed by atoms with Crippen LogP contribution in [0, 0.1) is 11.8 Å². The summed E-state index contributed by atoms with van der Waals surface area (Å²) < 4.78 is 5.56. The second-order valence-corrected chi connectivity index (χ2v) is 4.23. The van der Waals surface area contributed by atoms with Crippen LogP contribution in [-0.2, 0) is 9.59 Å². The monoisotopic (exact) mass is 249 g/mol. The minimum atomic E-state index is -1.02. The Morgan fingerprint density at radius 1 is 1.28 bits per heavy atom. The maximum Gasteiger partial charge on any atom is 0.230 e. The number of carbonyl (C=O) groups excluding carboxylic acids is 2. The van der Waals surface area contributed by atoms with Gasteiger partial charge < -0.3 is 21.5 Å². The van der Waals surface area contributed by atoms with Crippen molar-refractivity contribution in [2.75, 3.05) is 18.5 Å². The molecule has 6 nitrogen and oxygen atoms in total. The van der Waals surface area contributed by atoms with Crippen molar-refractivity contribution in [3.05, 3.63) is 24.3 Å². The number of hydrogen-bond donors (Lipinski definition) is 3. The van der Waals surface area contributed by atoms with Crippen molar-refractivity contribution in [1.29, 1.82) is 0 Å². The smallest absolute Gasteiger partial charge is 0.230 e. The Morgan fingerprint density at radius 2 is 1.94 bits per heavy atom. The van der Waals surface area contributed by atoms with E-state index in [0.29, 0.717) is 12.3 Å². The summed E-state index contributed by atoms with van der Waals surface area (Å²) in [5.41, 5.74) is 11.2. The number of carbonyl (C=O) groups is 2. The number of ether oxygens (including phenoxy) is 1. The molecule has 0 fully saturated rings. The highest BCUT2D eigenvalue weighted by Gasteiger charge is 2.33. The van der Waals surface area contributed by atoms with E-state index in [1.54, 1.807) is 0 Å². The zero-order valence-corrected chi connectivity index (χ0v) is 9.76. The molecule has 0 saturated heterocycles. The van der Waals surface area contributed by atoms with Crippen LogP contribution in [0.4, 0.5) is 5.69 Å². The molecular formula is C12H15N3O3. The van der Waals surface area contributed by atoms with Crippen LogP contribution < -0.4 is 21.5 Å². The van der Waals surface area contributed by atoms with Gasteiger partial charge in [-0.05, 0) is 12.1 Å². The molecule has 0 bridgehead atoms. The first-order valence-electron chi connectivity index (χ1n) is 5.64. The molecule has 6 heteroatoms. The largest absolute Gasteiger partial charge is 0.491 e. The van der Waals surface area contributed by atoms with E-state index in [2.05, 4.69) is 5.32 Å². The SMILES string of the molecule is NC(=O)C(C(N)=O)C1CNc2ccccc2OC1. The second kappa shape index (κ2) is 4.95. The quantitative estimate of drug-likeness (QED) is 0.639. The van der Waals surface area contributed by atoms with Gasteiger partial charge in [0.1, 0.15) is 11.7 Å². The average Bonchev–Trinajstić information content (AvgIpc) is 2.52.